The van der Waals surface area contributed by atoms with Crippen molar-refractivity contribution < 1.29 is 4.42 Å². The van der Waals surface area contributed by atoms with Crippen LogP contribution in [0.5, 0.6) is 0 Å². The molecule has 0 spiro atoms. The maximum absolute atomic E-state index is 6.43. The number of fused-ring (bicyclic) bond motifs is 12. The van der Waals surface area contributed by atoms with E-state index < -0.39 is 0 Å². The first-order valence-electron chi connectivity index (χ1n) is 19.1. The van der Waals surface area contributed by atoms with Crippen LogP contribution in [0.15, 0.2) is 201 Å². The predicted molar refractivity (Wildman–Crippen MR) is 235 cm³/mol. The van der Waals surface area contributed by atoms with Gasteiger partial charge in [-0.3, -0.25) is 0 Å². The van der Waals surface area contributed by atoms with E-state index >= 15 is 0 Å². The number of nitrogens with one attached hydrogen (secondary N) is 1. The smallest absolute Gasteiger partial charge is 0.143 e. The van der Waals surface area contributed by atoms with Crippen molar-refractivity contribution in [2.75, 3.05) is 0 Å². The second-order valence-electron chi connectivity index (χ2n) is 14.7. The Hall–Kier alpha value is -6.88. The molecule has 0 fully saturated rings. The minimum Gasteiger partial charge on any atom is -0.455 e. The van der Waals surface area contributed by atoms with E-state index in [1.807, 2.05) is 23.9 Å². The van der Waals surface area contributed by atoms with Crippen LogP contribution >= 0.6 is 11.8 Å². The number of thioether (sulfide) groups is 1. The Kier molecular flexibility index (Phi) is 6.92. The normalized spacial score (nSPS) is 15.1. The summed E-state index contributed by atoms with van der Waals surface area (Å²) >= 11 is 1.83. The van der Waals surface area contributed by atoms with Gasteiger partial charge < -0.3 is 9.73 Å². The zero-order valence-electron chi connectivity index (χ0n) is 30.2. The molecule has 4 heteroatoms. The maximum atomic E-state index is 6.43. The fraction of sp³-hybridized carbons (Fsp3) is 0.0192. The number of benzene rings is 9. The van der Waals surface area contributed by atoms with Gasteiger partial charge >= 0.3 is 0 Å². The van der Waals surface area contributed by atoms with E-state index in [1.165, 1.54) is 47.7 Å². The molecule has 1 N–H and O–H groups in total. The highest BCUT2D eigenvalue weighted by molar-refractivity contribution is 8.03. The zero-order valence-corrected chi connectivity index (χ0v) is 31.0. The molecule has 0 bridgehead atoms. The van der Waals surface area contributed by atoms with Crippen molar-refractivity contribution >= 4 is 77.6 Å². The SMILES string of the molecule is c1ccc(C2=C3Sc4ccccc4C3NC(c3cc(-c4ccc(-c5cccc6c5oc5ccccc56)cc4)cc4c5ccccc5c5ccccc5c34)=N2)cc1. The first kappa shape index (κ1) is 31.5. The molecular formula is C52H32N2OS. The lowest BCUT2D eigenvalue weighted by Gasteiger charge is -2.27. The number of amidine groups is 1. The van der Waals surface area contributed by atoms with Crippen molar-refractivity contribution in [2.45, 2.75) is 10.9 Å². The van der Waals surface area contributed by atoms with Crippen LogP contribution in [0.1, 0.15) is 22.7 Å². The molecule has 0 radical (unpaired) electrons. The third-order valence-corrected chi connectivity index (χ3v) is 12.8. The molecule has 2 aliphatic rings. The molecule has 262 valence electrons. The van der Waals surface area contributed by atoms with Crippen LogP contribution < -0.4 is 5.32 Å². The summed E-state index contributed by atoms with van der Waals surface area (Å²) in [4.78, 5) is 8.09. The van der Waals surface area contributed by atoms with Gasteiger partial charge in [-0.1, -0.05) is 169 Å². The molecule has 10 aromatic rings. The molecule has 3 heterocycles. The summed E-state index contributed by atoms with van der Waals surface area (Å²) < 4.78 is 6.43. The molecule has 0 saturated carbocycles. The van der Waals surface area contributed by atoms with Crippen LogP contribution in [0.25, 0.3) is 82.2 Å². The average molecular weight is 733 g/mol. The van der Waals surface area contributed by atoms with Gasteiger partial charge in [0.2, 0.25) is 0 Å². The lowest BCUT2D eigenvalue weighted by molar-refractivity contribution is 0.670. The third-order valence-electron chi connectivity index (χ3n) is 11.5. The van der Waals surface area contributed by atoms with Gasteiger partial charge in [-0.25, -0.2) is 4.99 Å². The van der Waals surface area contributed by atoms with Gasteiger partial charge in [0.1, 0.15) is 17.0 Å². The summed E-state index contributed by atoms with van der Waals surface area (Å²) in [5.41, 5.74) is 10.9. The van der Waals surface area contributed by atoms with Gasteiger partial charge in [-0.2, -0.15) is 0 Å². The van der Waals surface area contributed by atoms with E-state index in [0.29, 0.717) is 0 Å². The van der Waals surface area contributed by atoms with Gasteiger partial charge in [0.15, 0.2) is 0 Å². The number of para-hydroxylation sites is 2. The Morgan fingerprint density at radius 1 is 0.464 bits per heavy atom. The van der Waals surface area contributed by atoms with Crippen molar-refractivity contribution in [3.8, 4) is 22.3 Å². The Bertz CT molecular complexity index is 3300. The van der Waals surface area contributed by atoms with Crippen LogP contribution in [0.4, 0.5) is 0 Å². The summed E-state index contributed by atoms with van der Waals surface area (Å²) in [6, 6.07) is 65.4. The quantitative estimate of drug-likeness (QED) is 0.183. The van der Waals surface area contributed by atoms with Gasteiger partial charge in [-0.05, 0) is 73.5 Å². The summed E-state index contributed by atoms with van der Waals surface area (Å²) in [5.74, 6) is 0.885. The van der Waals surface area contributed by atoms with Crippen molar-refractivity contribution in [3.05, 3.63) is 204 Å². The van der Waals surface area contributed by atoms with Crippen LogP contribution in [0, 0.1) is 0 Å². The molecule has 3 nitrogen and oxygen atoms in total. The molecule has 0 saturated heterocycles. The molecule has 1 aromatic heterocycles. The first-order chi connectivity index (χ1) is 27.8. The largest absolute Gasteiger partial charge is 0.455 e. The summed E-state index contributed by atoms with van der Waals surface area (Å²) in [5, 5.41) is 13.6. The van der Waals surface area contributed by atoms with Gasteiger partial charge in [0.25, 0.3) is 0 Å². The lowest BCUT2D eigenvalue weighted by atomic mass is 9.88. The van der Waals surface area contributed by atoms with E-state index in [1.54, 1.807) is 0 Å². The summed E-state index contributed by atoms with van der Waals surface area (Å²) in [7, 11) is 0. The fourth-order valence-corrected chi connectivity index (χ4v) is 10.2. The van der Waals surface area contributed by atoms with E-state index in [9.17, 15) is 0 Å². The molecule has 2 aliphatic heterocycles. The van der Waals surface area contributed by atoms with Crippen molar-refractivity contribution in [3.63, 3.8) is 0 Å². The second-order valence-corrected chi connectivity index (χ2v) is 15.7. The van der Waals surface area contributed by atoms with E-state index in [-0.39, 0.29) is 6.04 Å². The fourth-order valence-electron chi connectivity index (χ4n) is 8.94. The number of furan rings is 1. The monoisotopic (exact) mass is 732 g/mol. The molecular weight excluding hydrogens is 701 g/mol. The summed E-state index contributed by atoms with van der Waals surface area (Å²) in [6.45, 7) is 0. The molecule has 12 rings (SSSR count). The Morgan fingerprint density at radius 3 is 1.93 bits per heavy atom. The first-order valence-corrected chi connectivity index (χ1v) is 19.9. The Balaban J connectivity index is 1.09. The van der Waals surface area contributed by atoms with Gasteiger partial charge in [0.05, 0.1) is 11.7 Å². The van der Waals surface area contributed by atoms with Crippen molar-refractivity contribution in [2.24, 2.45) is 4.99 Å². The minimum absolute atomic E-state index is 0.00424. The molecule has 1 atom stereocenters. The van der Waals surface area contributed by atoms with E-state index in [4.69, 9.17) is 9.41 Å². The van der Waals surface area contributed by atoms with Crippen LogP contribution in [0.3, 0.4) is 0 Å². The van der Waals surface area contributed by atoms with Crippen molar-refractivity contribution in [1.82, 2.24) is 5.32 Å². The number of hydrogen-bond donors (Lipinski definition) is 1. The molecule has 56 heavy (non-hydrogen) atoms. The van der Waals surface area contributed by atoms with Gasteiger partial charge in [0, 0.05) is 42.6 Å². The highest BCUT2D eigenvalue weighted by Crippen LogP contribution is 2.52. The Morgan fingerprint density at radius 2 is 1.11 bits per heavy atom. The highest BCUT2D eigenvalue weighted by atomic mass is 32.2. The molecule has 0 amide bonds. The standard InChI is InChI=1S/C52H32N2OS/c1-2-13-33(14-3-1)48-51-49(42-20-9-11-24-46(42)56-51)54-52(53-48)44-30-34(29-43-38-17-5-4-15-36(38)37-16-6-7-19-40(37)47(43)44)31-25-27-32(28-26-31)35-21-12-22-41-39-18-8-10-23-45(39)55-50(35)41/h1-30,49H,(H,53,54). The summed E-state index contributed by atoms with van der Waals surface area (Å²) in [6.07, 6.45) is 0. The zero-order chi connectivity index (χ0) is 36.7. The van der Waals surface area contributed by atoms with Crippen LogP contribution in [-0.2, 0) is 0 Å². The van der Waals surface area contributed by atoms with Gasteiger partial charge in [-0.15, -0.1) is 0 Å². The maximum Gasteiger partial charge on any atom is 0.143 e. The highest BCUT2D eigenvalue weighted by Gasteiger charge is 2.35. The second kappa shape index (κ2) is 12.3. The van der Waals surface area contributed by atoms with Crippen LogP contribution in [0.2, 0.25) is 0 Å². The topological polar surface area (TPSA) is 37.5 Å². The Labute approximate surface area is 327 Å². The lowest BCUT2D eigenvalue weighted by Crippen LogP contribution is -2.32. The third kappa shape index (κ3) is 4.76. The number of rotatable bonds is 4. The van der Waals surface area contributed by atoms with Crippen LogP contribution in [-0.4, -0.2) is 5.84 Å². The number of hydrogen-bond acceptors (Lipinski definition) is 4. The van der Waals surface area contributed by atoms with Crippen molar-refractivity contribution in [1.29, 1.82) is 0 Å². The molecule has 9 aromatic carbocycles. The minimum atomic E-state index is 0.00424. The predicted octanol–water partition coefficient (Wildman–Crippen LogP) is 13.9. The molecule has 0 aliphatic carbocycles. The van der Waals surface area contributed by atoms with E-state index in [2.05, 4.69) is 175 Å². The number of nitrogens with zero attached hydrogens (tertiary/aromatic N) is 1. The average Bonchev–Trinajstić information content (AvgIpc) is 3.85. The van der Waals surface area contributed by atoms with E-state index in [0.717, 1.165) is 66.9 Å². The number of aliphatic imine (C=N–C) groups is 1. The molecule has 1 unspecified atom stereocenters.